The molecular weight excluding hydrogens is 727 g/mol. The van der Waals surface area contributed by atoms with Crippen LogP contribution in [0.15, 0.2) is 29.5 Å². The van der Waals surface area contributed by atoms with E-state index in [1.165, 1.54) is 36.3 Å². The Morgan fingerprint density at radius 2 is 1.72 bits per heavy atom. The molecular formula is C37H47ClF3N7O4Si. The minimum atomic E-state index is -1.66. The number of pyridine rings is 1. The van der Waals surface area contributed by atoms with E-state index in [1.807, 2.05) is 39.5 Å². The van der Waals surface area contributed by atoms with Crippen LogP contribution in [0.25, 0.3) is 22.2 Å². The number of fused-ring (bicyclic) bond motifs is 1. The van der Waals surface area contributed by atoms with Gasteiger partial charge in [0.25, 0.3) is 11.5 Å². The van der Waals surface area contributed by atoms with E-state index in [1.54, 1.807) is 0 Å². The van der Waals surface area contributed by atoms with Gasteiger partial charge in [-0.1, -0.05) is 52.0 Å². The van der Waals surface area contributed by atoms with Gasteiger partial charge in [0.1, 0.15) is 23.0 Å². The van der Waals surface area contributed by atoms with Crippen molar-refractivity contribution in [1.29, 1.82) is 0 Å². The van der Waals surface area contributed by atoms with Crippen molar-refractivity contribution in [2.45, 2.75) is 85.2 Å². The van der Waals surface area contributed by atoms with E-state index in [9.17, 15) is 18.8 Å². The number of hydrogen-bond donors (Lipinski definition) is 2. The van der Waals surface area contributed by atoms with Gasteiger partial charge in [0.15, 0.2) is 11.6 Å². The Hall–Kier alpha value is -4.37. The van der Waals surface area contributed by atoms with Crippen molar-refractivity contribution in [3.05, 3.63) is 63.2 Å². The van der Waals surface area contributed by atoms with Gasteiger partial charge in [-0.15, -0.1) is 0 Å². The second-order valence-electron chi connectivity index (χ2n) is 16.7. The number of ether oxygens (including phenoxy) is 1. The van der Waals surface area contributed by atoms with Crippen LogP contribution in [0.4, 0.5) is 24.7 Å². The van der Waals surface area contributed by atoms with Crippen LogP contribution in [0, 0.1) is 23.0 Å². The molecule has 0 bridgehead atoms. The molecule has 0 aliphatic carbocycles. The molecule has 1 aliphatic heterocycles. The SMILES string of the molecule is Cn1cnc2c(c(-c3cc(C(=O)NC(C)(C)CC(C)(C)C)c(OCC[Si](C)(C)C)c(F)c3F)cn2CC(=O)Nc2cc(N3CCC3)nc(F)c2Cl)c1=O. The van der Waals surface area contributed by atoms with Gasteiger partial charge in [0.05, 0.1) is 29.6 Å². The lowest BCUT2D eigenvalue weighted by atomic mass is 9.81. The van der Waals surface area contributed by atoms with Crippen LogP contribution >= 0.6 is 11.6 Å². The lowest BCUT2D eigenvalue weighted by Gasteiger charge is -2.33. The standard InChI is InChI=1S/C37H47ClF3N7O4Si/c1-36(2,3)19-37(4,5)45-34(50)22-15-21(29(39)30(40)31(22)52-13-14-53(7,8)9)23-17-48(33-27(23)35(51)46(6)20-42-33)18-26(49)43-24-16-25(47-11-10-12-47)44-32(41)28(24)38/h15-17,20H,10-14,18-19H2,1-9H3,(H,45,50)(H,43,44,49). The zero-order valence-corrected chi connectivity index (χ0v) is 33.4. The molecule has 53 heavy (non-hydrogen) atoms. The molecule has 0 atom stereocenters. The molecule has 5 rings (SSSR count). The summed E-state index contributed by atoms with van der Waals surface area (Å²) in [5.41, 5.74) is -2.25. The first-order valence-corrected chi connectivity index (χ1v) is 21.6. The van der Waals surface area contributed by atoms with Crippen LogP contribution in [0.2, 0.25) is 30.7 Å². The Kier molecular flexibility index (Phi) is 11.1. The summed E-state index contributed by atoms with van der Waals surface area (Å²) in [6, 6.07) is 3.27. The summed E-state index contributed by atoms with van der Waals surface area (Å²) in [7, 11) is -0.213. The highest BCUT2D eigenvalue weighted by Gasteiger charge is 2.32. The number of rotatable bonds is 12. The molecule has 2 amide bonds. The number of carbonyl (C=O) groups is 2. The first kappa shape index (κ1) is 39.8. The summed E-state index contributed by atoms with van der Waals surface area (Å²) in [5, 5.41) is 5.06. The number of nitrogens with one attached hydrogen (secondary N) is 2. The number of carbonyl (C=O) groups excluding carboxylic acids is 2. The number of aromatic nitrogens is 4. The van der Waals surface area contributed by atoms with E-state index in [-0.39, 0.29) is 44.9 Å². The molecule has 1 aliphatic rings. The zero-order chi connectivity index (χ0) is 39.2. The van der Waals surface area contributed by atoms with E-state index >= 15 is 8.78 Å². The van der Waals surface area contributed by atoms with E-state index in [0.29, 0.717) is 31.4 Å². The summed E-state index contributed by atoms with van der Waals surface area (Å²) < 4.78 is 55.4. The number of nitrogens with zero attached hydrogens (tertiary/aromatic N) is 5. The van der Waals surface area contributed by atoms with Crippen molar-refractivity contribution in [2.75, 3.05) is 29.9 Å². The fourth-order valence-corrected chi connectivity index (χ4v) is 7.40. The highest BCUT2D eigenvalue weighted by molar-refractivity contribution is 6.76. The summed E-state index contributed by atoms with van der Waals surface area (Å²) >= 11 is 6.15. The van der Waals surface area contributed by atoms with Crippen molar-refractivity contribution in [3.8, 4) is 16.9 Å². The molecule has 4 heterocycles. The molecule has 1 fully saturated rings. The Bertz CT molecular complexity index is 2140. The number of anilines is 2. The molecule has 286 valence electrons. The second-order valence-corrected chi connectivity index (χ2v) is 22.7. The average Bonchev–Trinajstić information content (AvgIpc) is 3.34. The van der Waals surface area contributed by atoms with Crippen LogP contribution < -0.4 is 25.8 Å². The average molecular weight is 774 g/mol. The first-order chi connectivity index (χ1) is 24.5. The molecule has 11 nitrogen and oxygen atoms in total. The number of aryl methyl sites for hydroxylation is 1. The van der Waals surface area contributed by atoms with Crippen molar-refractivity contribution < 1.29 is 27.5 Å². The largest absolute Gasteiger partial charge is 0.490 e. The maximum Gasteiger partial charge on any atom is 0.263 e. The highest BCUT2D eigenvalue weighted by atomic mass is 35.5. The summed E-state index contributed by atoms with van der Waals surface area (Å²) in [6.45, 7) is 17.1. The van der Waals surface area contributed by atoms with Crippen molar-refractivity contribution >= 4 is 54.0 Å². The van der Waals surface area contributed by atoms with E-state index in [2.05, 4.69) is 40.2 Å². The zero-order valence-electron chi connectivity index (χ0n) is 31.6. The molecule has 4 aromatic rings. The third-order valence-corrected chi connectivity index (χ3v) is 10.9. The molecule has 3 aromatic heterocycles. The number of halogens is 4. The van der Waals surface area contributed by atoms with E-state index in [0.717, 1.165) is 11.0 Å². The molecule has 16 heteroatoms. The van der Waals surface area contributed by atoms with Crippen molar-refractivity contribution in [1.82, 2.24) is 24.4 Å². The van der Waals surface area contributed by atoms with Crippen LogP contribution in [-0.2, 0) is 18.4 Å². The molecule has 0 saturated carbocycles. The second kappa shape index (κ2) is 14.8. The Morgan fingerprint density at radius 3 is 2.32 bits per heavy atom. The summed E-state index contributed by atoms with van der Waals surface area (Å²) in [4.78, 5) is 51.0. The monoisotopic (exact) mass is 773 g/mol. The number of amides is 2. The van der Waals surface area contributed by atoms with Crippen LogP contribution in [-0.4, -0.2) is 64.2 Å². The van der Waals surface area contributed by atoms with E-state index < -0.39 is 66.4 Å². The van der Waals surface area contributed by atoms with Crippen LogP contribution in [0.5, 0.6) is 5.75 Å². The minimum absolute atomic E-state index is 0.000827. The van der Waals surface area contributed by atoms with Gasteiger partial charge in [0.2, 0.25) is 17.7 Å². The Labute approximate surface area is 312 Å². The van der Waals surface area contributed by atoms with E-state index in [4.69, 9.17) is 16.3 Å². The normalized spacial score (nSPS) is 13.6. The molecule has 0 radical (unpaired) electrons. The molecule has 1 saturated heterocycles. The van der Waals surface area contributed by atoms with Crippen molar-refractivity contribution in [2.24, 2.45) is 12.5 Å². The third-order valence-electron chi connectivity index (χ3n) is 8.83. The molecule has 0 spiro atoms. The topological polar surface area (TPSA) is 123 Å². The summed E-state index contributed by atoms with van der Waals surface area (Å²) in [6.07, 6.45) is 4.03. The molecule has 0 unspecified atom stereocenters. The van der Waals surface area contributed by atoms with Gasteiger partial charge in [-0.3, -0.25) is 14.4 Å². The third kappa shape index (κ3) is 9.06. The lowest BCUT2D eigenvalue weighted by molar-refractivity contribution is -0.116. The highest BCUT2D eigenvalue weighted by Crippen LogP contribution is 2.38. The van der Waals surface area contributed by atoms with Gasteiger partial charge in [-0.25, -0.2) is 14.4 Å². The quantitative estimate of drug-likeness (QED) is 0.114. The van der Waals surface area contributed by atoms with Gasteiger partial charge in [-0.2, -0.15) is 8.78 Å². The predicted octanol–water partition coefficient (Wildman–Crippen LogP) is 7.38. The Balaban J connectivity index is 1.59. The van der Waals surface area contributed by atoms with Gasteiger partial charge in [0, 0.05) is 57.1 Å². The first-order valence-electron chi connectivity index (χ1n) is 17.5. The maximum atomic E-state index is 16.3. The van der Waals surface area contributed by atoms with Crippen LogP contribution in [0.1, 0.15) is 57.8 Å². The number of benzene rings is 1. The summed E-state index contributed by atoms with van der Waals surface area (Å²) in [5.74, 6) is -5.24. The molecule has 1 aromatic carbocycles. The smallest absolute Gasteiger partial charge is 0.263 e. The fourth-order valence-electron chi connectivity index (χ4n) is 6.54. The lowest BCUT2D eigenvalue weighted by Crippen LogP contribution is -2.46. The minimum Gasteiger partial charge on any atom is -0.490 e. The fraction of sp³-hybridized carbons (Fsp3) is 0.486. The van der Waals surface area contributed by atoms with Gasteiger partial charge < -0.3 is 29.4 Å². The number of hydrogen-bond acceptors (Lipinski definition) is 7. The van der Waals surface area contributed by atoms with Crippen molar-refractivity contribution in [3.63, 3.8) is 0 Å². The maximum absolute atomic E-state index is 16.3. The van der Waals surface area contributed by atoms with Gasteiger partial charge in [-0.05, 0) is 44.2 Å². The Morgan fingerprint density at radius 1 is 1.04 bits per heavy atom. The molecule has 2 N–H and O–H groups in total. The van der Waals surface area contributed by atoms with Crippen LogP contribution in [0.3, 0.4) is 0 Å². The van der Waals surface area contributed by atoms with Gasteiger partial charge >= 0.3 is 0 Å². The predicted molar refractivity (Wildman–Crippen MR) is 204 cm³/mol.